The molecule has 7 nitrogen and oxygen atoms in total. The summed E-state index contributed by atoms with van der Waals surface area (Å²) in [6.07, 6.45) is 3.19. The zero-order chi connectivity index (χ0) is 22.4. The molecule has 3 saturated heterocycles. The first-order valence-electron chi connectivity index (χ1n) is 10.6. The number of carbonyl (C=O) groups excluding carboxylic acids is 1. The Labute approximate surface area is 179 Å². The van der Waals surface area contributed by atoms with Crippen molar-refractivity contribution < 1.29 is 32.6 Å². The van der Waals surface area contributed by atoms with Crippen molar-refractivity contribution >= 4 is 11.9 Å². The van der Waals surface area contributed by atoms with Crippen molar-refractivity contribution in [2.45, 2.75) is 44.5 Å². The highest BCUT2D eigenvalue weighted by Crippen LogP contribution is 2.35. The first kappa shape index (κ1) is 23.5. The molecule has 172 valence electrons. The molecule has 0 aromatic carbocycles. The summed E-state index contributed by atoms with van der Waals surface area (Å²) in [5.74, 6) is -1.88. The van der Waals surface area contributed by atoms with Crippen LogP contribution in [0.4, 0.5) is 13.2 Å². The van der Waals surface area contributed by atoms with Crippen LogP contribution in [0, 0.1) is 11.8 Å². The molecule has 3 atom stereocenters. The molecule has 4 rings (SSSR count). The van der Waals surface area contributed by atoms with Gasteiger partial charge in [0.1, 0.15) is 0 Å². The fourth-order valence-electron chi connectivity index (χ4n) is 4.56. The van der Waals surface area contributed by atoms with Gasteiger partial charge in [0.2, 0.25) is 5.91 Å². The number of aliphatic carboxylic acids is 1. The molecule has 31 heavy (non-hydrogen) atoms. The number of carboxylic acids is 1. The lowest BCUT2D eigenvalue weighted by Gasteiger charge is -2.45. The highest BCUT2D eigenvalue weighted by atomic mass is 19.4. The van der Waals surface area contributed by atoms with Gasteiger partial charge in [0.05, 0.1) is 6.10 Å². The number of halogens is 3. The number of alkyl halides is 3. The second kappa shape index (κ2) is 10.4. The van der Waals surface area contributed by atoms with Gasteiger partial charge in [-0.05, 0) is 37.3 Å². The predicted molar refractivity (Wildman–Crippen MR) is 105 cm³/mol. The van der Waals surface area contributed by atoms with Crippen LogP contribution in [0.1, 0.15) is 31.2 Å². The van der Waals surface area contributed by atoms with E-state index in [4.69, 9.17) is 14.6 Å². The number of hydrogen-bond donors (Lipinski definition) is 1. The van der Waals surface area contributed by atoms with Gasteiger partial charge >= 0.3 is 12.1 Å². The number of hydrogen-bond acceptors (Lipinski definition) is 5. The molecular formula is C21H28F3N3O4. The minimum absolute atomic E-state index is 0.151. The van der Waals surface area contributed by atoms with E-state index >= 15 is 0 Å². The minimum Gasteiger partial charge on any atom is -0.475 e. The summed E-state index contributed by atoms with van der Waals surface area (Å²) in [7, 11) is 0. The van der Waals surface area contributed by atoms with Crippen LogP contribution >= 0.6 is 0 Å². The van der Waals surface area contributed by atoms with E-state index in [0.717, 1.165) is 65.0 Å². The summed E-state index contributed by atoms with van der Waals surface area (Å²) in [4.78, 5) is 30.6. The van der Waals surface area contributed by atoms with E-state index in [1.807, 2.05) is 18.5 Å². The number of aromatic nitrogens is 1. The standard InChI is InChI=1S/C19H27N3O2.C2HF3O2/c23-19(22-8-1-2-9-22)16-6-11-24-18-5-10-21(14-17(16)18)13-15-4-3-7-20-12-15;3-2(4,5)1(6)7/h3-4,7,12,16-18H,1-2,5-6,8-11,13-14H2;(H,6,7)/t16-,17+,18-;/m1./s1. The van der Waals surface area contributed by atoms with Crippen molar-refractivity contribution in [1.29, 1.82) is 0 Å². The minimum atomic E-state index is -5.08. The average Bonchev–Trinajstić information content (AvgIpc) is 3.28. The molecule has 1 aromatic rings. The monoisotopic (exact) mass is 443 g/mol. The van der Waals surface area contributed by atoms with Crippen molar-refractivity contribution in [2.24, 2.45) is 11.8 Å². The number of likely N-dealkylation sites (tertiary alicyclic amines) is 2. The number of ether oxygens (including phenoxy) is 1. The lowest BCUT2D eigenvalue weighted by Crippen LogP contribution is -2.53. The Morgan fingerprint density at radius 2 is 1.90 bits per heavy atom. The summed E-state index contributed by atoms with van der Waals surface area (Å²) in [5, 5.41) is 7.12. The van der Waals surface area contributed by atoms with Crippen molar-refractivity contribution in [3.05, 3.63) is 30.1 Å². The number of nitrogens with zero attached hydrogens (tertiary/aromatic N) is 3. The van der Waals surface area contributed by atoms with Crippen LogP contribution in [0.3, 0.4) is 0 Å². The zero-order valence-electron chi connectivity index (χ0n) is 17.3. The Kier molecular flexibility index (Phi) is 7.88. The third-order valence-corrected chi connectivity index (χ3v) is 6.06. The van der Waals surface area contributed by atoms with Gasteiger partial charge in [-0.2, -0.15) is 13.2 Å². The SMILES string of the molecule is O=C(O)C(F)(F)F.O=C([C@@H]1CCO[C@@H]2CCN(Cc3cccnc3)C[C@H]21)N1CCCC1. The van der Waals surface area contributed by atoms with Crippen molar-refractivity contribution in [2.75, 3.05) is 32.8 Å². The second-order valence-corrected chi connectivity index (χ2v) is 8.19. The fraction of sp³-hybridized carbons (Fsp3) is 0.667. The summed E-state index contributed by atoms with van der Waals surface area (Å²) >= 11 is 0. The van der Waals surface area contributed by atoms with Gasteiger partial charge in [0, 0.05) is 63.6 Å². The highest BCUT2D eigenvalue weighted by molar-refractivity contribution is 5.79. The molecule has 1 aromatic heterocycles. The number of amides is 1. The predicted octanol–water partition coefficient (Wildman–Crippen LogP) is 2.56. The molecular weight excluding hydrogens is 415 g/mol. The molecule has 0 bridgehead atoms. The Bertz CT molecular complexity index is 741. The van der Waals surface area contributed by atoms with E-state index in [9.17, 15) is 18.0 Å². The van der Waals surface area contributed by atoms with Crippen LogP contribution in [-0.2, 0) is 20.9 Å². The molecule has 0 unspecified atom stereocenters. The Balaban J connectivity index is 0.000000339. The molecule has 3 aliphatic heterocycles. The van der Waals surface area contributed by atoms with Crippen molar-refractivity contribution in [3.63, 3.8) is 0 Å². The molecule has 0 aliphatic carbocycles. The first-order chi connectivity index (χ1) is 14.8. The summed E-state index contributed by atoms with van der Waals surface area (Å²) in [6, 6.07) is 4.12. The molecule has 4 heterocycles. The quantitative estimate of drug-likeness (QED) is 0.773. The van der Waals surface area contributed by atoms with Gasteiger partial charge in [0.25, 0.3) is 0 Å². The van der Waals surface area contributed by atoms with E-state index in [-0.39, 0.29) is 12.0 Å². The van der Waals surface area contributed by atoms with Gasteiger partial charge in [-0.25, -0.2) is 4.79 Å². The van der Waals surface area contributed by atoms with Crippen molar-refractivity contribution in [3.8, 4) is 0 Å². The number of rotatable bonds is 3. The number of carbonyl (C=O) groups is 2. The van der Waals surface area contributed by atoms with Gasteiger partial charge in [-0.15, -0.1) is 0 Å². The highest BCUT2D eigenvalue weighted by Gasteiger charge is 2.43. The number of piperidine rings is 1. The maximum Gasteiger partial charge on any atom is 0.490 e. The van der Waals surface area contributed by atoms with E-state index in [1.54, 1.807) is 0 Å². The zero-order valence-corrected chi connectivity index (χ0v) is 17.3. The van der Waals surface area contributed by atoms with E-state index in [2.05, 4.69) is 20.9 Å². The molecule has 10 heteroatoms. The van der Waals surface area contributed by atoms with Gasteiger partial charge in [-0.3, -0.25) is 14.7 Å². The fourth-order valence-corrected chi connectivity index (χ4v) is 4.56. The largest absolute Gasteiger partial charge is 0.490 e. The van der Waals surface area contributed by atoms with Crippen LogP contribution in [-0.4, -0.2) is 76.8 Å². The number of pyridine rings is 1. The average molecular weight is 443 g/mol. The number of fused-ring (bicyclic) bond motifs is 1. The summed E-state index contributed by atoms with van der Waals surface area (Å²) < 4.78 is 37.7. The molecule has 0 spiro atoms. The molecule has 0 saturated carbocycles. The maximum absolute atomic E-state index is 13.0. The lowest BCUT2D eigenvalue weighted by molar-refractivity contribution is -0.192. The number of carboxylic acid groups (broad SMARTS) is 1. The van der Waals surface area contributed by atoms with Crippen LogP contribution in [0.15, 0.2) is 24.5 Å². The molecule has 3 aliphatic rings. The van der Waals surface area contributed by atoms with Crippen molar-refractivity contribution in [1.82, 2.24) is 14.8 Å². The van der Waals surface area contributed by atoms with Crippen LogP contribution in [0.2, 0.25) is 0 Å². The first-order valence-corrected chi connectivity index (χ1v) is 10.6. The molecule has 1 amide bonds. The summed E-state index contributed by atoms with van der Waals surface area (Å²) in [6.45, 7) is 5.57. The van der Waals surface area contributed by atoms with Gasteiger partial charge < -0.3 is 14.7 Å². The third-order valence-electron chi connectivity index (χ3n) is 6.06. The molecule has 0 radical (unpaired) electrons. The topological polar surface area (TPSA) is 83.0 Å². The molecule has 3 fully saturated rings. The Hall–Kier alpha value is -2.20. The van der Waals surface area contributed by atoms with E-state index in [1.165, 1.54) is 5.56 Å². The Morgan fingerprint density at radius 1 is 1.19 bits per heavy atom. The summed E-state index contributed by atoms with van der Waals surface area (Å²) in [5.41, 5.74) is 1.25. The maximum atomic E-state index is 13.0. The normalized spacial score (nSPS) is 26.5. The third kappa shape index (κ3) is 6.39. The Morgan fingerprint density at radius 3 is 2.52 bits per heavy atom. The van der Waals surface area contributed by atoms with Gasteiger partial charge in [0.15, 0.2) is 0 Å². The molecule has 1 N–H and O–H groups in total. The van der Waals surface area contributed by atoms with Crippen LogP contribution in [0.5, 0.6) is 0 Å². The van der Waals surface area contributed by atoms with Crippen LogP contribution in [0.25, 0.3) is 0 Å². The van der Waals surface area contributed by atoms with Crippen LogP contribution < -0.4 is 0 Å². The van der Waals surface area contributed by atoms with Gasteiger partial charge in [-0.1, -0.05) is 6.07 Å². The second-order valence-electron chi connectivity index (χ2n) is 8.19. The van der Waals surface area contributed by atoms with E-state index < -0.39 is 12.1 Å². The van der Waals surface area contributed by atoms with E-state index in [0.29, 0.717) is 11.8 Å². The lowest BCUT2D eigenvalue weighted by atomic mass is 9.78. The smallest absolute Gasteiger partial charge is 0.475 e.